The molecule has 0 bridgehead atoms. The molecule has 0 spiro atoms. The van der Waals surface area contributed by atoms with Gasteiger partial charge in [0.15, 0.2) is 11.6 Å². The highest BCUT2D eigenvalue weighted by Gasteiger charge is 2.45. The minimum absolute atomic E-state index is 0.170. The predicted octanol–water partition coefficient (Wildman–Crippen LogP) is 6.76. The van der Waals surface area contributed by atoms with Crippen molar-refractivity contribution in [2.45, 2.75) is 54.4 Å². The van der Waals surface area contributed by atoms with Gasteiger partial charge in [-0.2, -0.15) is 5.26 Å². The van der Waals surface area contributed by atoms with Crippen LogP contribution < -0.4 is 29.3 Å². The van der Waals surface area contributed by atoms with Crippen LogP contribution in [0.1, 0.15) is 65.4 Å². The maximum absolute atomic E-state index is 11.4. The summed E-state index contributed by atoms with van der Waals surface area (Å²) in [6.45, 7) is 22.5. The summed E-state index contributed by atoms with van der Waals surface area (Å²) in [5.74, 6) is 2.46. The zero-order valence-electron chi connectivity index (χ0n) is 33.0. The standard InChI is InChI=1S/C44H36B2N8O4/c1-24(2)39-36-37(41(31(23-47)43-49-26(4)21-27(5)50-43)53(39)45-55-32-17-11-12-18-33(32)56-45)40(30-16-10-9-15-25(30)3)54(46-57-34-19-13-14-20-35(34)58-46)42(36)38(48-8)44-51-28(6)22-29(7)52-44/h9-22,24H,1-7H3/b41-31-,42-38+. The van der Waals surface area contributed by atoms with Gasteiger partial charge in [0.2, 0.25) is 0 Å². The highest BCUT2D eigenvalue weighted by atomic mass is 16.6. The van der Waals surface area contributed by atoms with E-state index in [1.807, 2.05) is 129 Å². The number of rotatable bonds is 6. The van der Waals surface area contributed by atoms with Crippen molar-refractivity contribution in [1.82, 2.24) is 28.9 Å². The Balaban J connectivity index is 1.59. The molecule has 0 unspecified atom stereocenters. The van der Waals surface area contributed by atoms with Crippen LogP contribution in [0.4, 0.5) is 0 Å². The summed E-state index contributed by atoms with van der Waals surface area (Å²) in [6, 6.07) is 29.2. The Morgan fingerprint density at radius 3 is 1.59 bits per heavy atom. The highest BCUT2D eigenvalue weighted by Crippen LogP contribution is 2.40. The van der Waals surface area contributed by atoms with E-state index >= 15 is 0 Å². The lowest BCUT2D eigenvalue weighted by Gasteiger charge is -2.18. The minimum Gasteiger partial charge on any atom is -0.503 e. The number of benzene rings is 3. The largest absolute Gasteiger partial charge is 0.743 e. The SMILES string of the molecule is [C-]#[N+]/C(c1nc(C)cc(C)n1)=c1\c2c(C(C)C)n(B3Oc4ccccc4O3)/c(=C(/C#N)c3nc(C)cc(C)n3)c2c(-c2ccccc2C)n1B1Oc2ccccc2O1. The van der Waals surface area contributed by atoms with Crippen LogP contribution in [0, 0.1) is 52.5 Å². The highest BCUT2D eigenvalue weighted by molar-refractivity contribution is 6.48. The van der Waals surface area contributed by atoms with Gasteiger partial charge in [-0.15, -0.1) is 0 Å². The normalized spacial score (nSPS) is 13.9. The fraction of sp³-hybridized carbons (Fsp3) is 0.182. The first-order valence-corrected chi connectivity index (χ1v) is 19.0. The third-order valence-corrected chi connectivity index (χ3v) is 10.3. The average molecular weight is 762 g/mol. The number of hydrogen-bond donors (Lipinski definition) is 0. The summed E-state index contributed by atoms with van der Waals surface area (Å²) >= 11 is 0. The van der Waals surface area contributed by atoms with Crippen molar-refractivity contribution < 1.29 is 18.6 Å². The molecule has 12 nitrogen and oxygen atoms in total. The van der Waals surface area contributed by atoms with Crippen molar-refractivity contribution in [2.24, 2.45) is 0 Å². The molecule has 0 amide bonds. The smallest absolute Gasteiger partial charge is 0.503 e. The molecule has 4 aromatic heterocycles. The van der Waals surface area contributed by atoms with E-state index in [1.165, 1.54) is 0 Å². The van der Waals surface area contributed by atoms with Crippen LogP contribution in [-0.4, -0.2) is 43.4 Å². The Kier molecular flexibility index (Phi) is 8.78. The van der Waals surface area contributed by atoms with Gasteiger partial charge in [0.1, 0.15) is 34.6 Å². The molecule has 2 aliphatic rings. The first kappa shape index (κ1) is 36.3. The quantitative estimate of drug-likeness (QED) is 0.133. The molecule has 0 N–H and O–H groups in total. The predicted molar refractivity (Wildman–Crippen MR) is 221 cm³/mol. The third-order valence-electron chi connectivity index (χ3n) is 10.3. The van der Waals surface area contributed by atoms with Gasteiger partial charge in [-0.05, 0) is 82.5 Å². The molecule has 0 atom stereocenters. The van der Waals surface area contributed by atoms with Crippen molar-refractivity contribution in [3.63, 3.8) is 0 Å². The Morgan fingerprint density at radius 1 is 0.655 bits per heavy atom. The van der Waals surface area contributed by atoms with E-state index in [1.54, 1.807) is 0 Å². The van der Waals surface area contributed by atoms with Gasteiger partial charge in [-0.3, -0.25) is 0 Å². The van der Waals surface area contributed by atoms with Crippen molar-refractivity contribution in [2.75, 3.05) is 0 Å². The van der Waals surface area contributed by atoms with Gasteiger partial charge in [0, 0.05) is 44.8 Å². The van der Waals surface area contributed by atoms with Gasteiger partial charge in [-0.25, -0.2) is 24.8 Å². The van der Waals surface area contributed by atoms with Crippen LogP contribution in [0.15, 0.2) is 84.9 Å². The summed E-state index contributed by atoms with van der Waals surface area (Å²) in [5.41, 5.74) is 6.29. The van der Waals surface area contributed by atoms with Crippen LogP contribution in [0.5, 0.6) is 23.0 Å². The molecule has 0 saturated carbocycles. The Morgan fingerprint density at radius 2 is 1.12 bits per heavy atom. The van der Waals surface area contributed by atoms with Gasteiger partial charge in [0.05, 0.1) is 23.0 Å². The van der Waals surface area contributed by atoms with Crippen molar-refractivity contribution in [3.8, 4) is 40.3 Å². The topological polar surface area (TPSA) is 126 Å². The van der Waals surface area contributed by atoms with E-state index in [0.29, 0.717) is 72.9 Å². The van der Waals surface area contributed by atoms with E-state index in [0.717, 1.165) is 16.8 Å². The summed E-state index contributed by atoms with van der Waals surface area (Å²) in [6.07, 6.45) is 0. The number of aromatic nitrogens is 6. The second kappa shape index (κ2) is 14.0. The van der Waals surface area contributed by atoms with E-state index in [2.05, 4.69) is 24.8 Å². The minimum atomic E-state index is -1.08. The monoisotopic (exact) mass is 762 g/mol. The van der Waals surface area contributed by atoms with Crippen molar-refractivity contribution in [1.29, 1.82) is 5.26 Å². The maximum atomic E-state index is 11.4. The molecule has 7 aromatic rings. The number of hydrogen-bond acceptors (Lipinski definition) is 9. The molecule has 282 valence electrons. The lowest BCUT2D eigenvalue weighted by molar-refractivity contribution is 0.473. The molecule has 0 radical (unpaired) electrons. The maximum Gasteiger partial charge on any atom is 0.743 e. The lowest BCUT2D eigenvalue weighted by Crippen LogP contribution is -2.45. The first-order chi connectivity index (χ1) is 28.1. The van der Waals surface area contributed by atoms with E-state index in [-0.39, 0.29) is 28.8 Å². The lowest BCUT2D eigenvalue weighted by atomic mass is 9.99. The van der Waals surface area contributed by atoms with Crippen LogP contribution in [0.3, 0.4) is 0 Å². The zero-order chi connectivity index (χ0) is 40.4. The molecule has 58 heavy (non-hydrogen) atoms. The van der Waals surface area contributed by atoms with E-state index in [9.17, 15) is 5.26 Å². The summed E-state index contributed by atoms with van der Waals surface area (Å²) < 4.78 is 30.4. The van der Waals surface area contributed by atoms with Crippen molar-refractivity contribution >= 4 is 36.5 Å². The van der Waals surface area contributed by atoms with Crippen LogP contribution in [-0.2, 0) is 0 Å². The van der Waals surface area contributed by atoms with Crippen molar-refractivity contribution in [3.05, 3.63) is 153 Å². The van der Waals surface area contributed by atoms with Crippen LogP contribution in [0.25, 0.3) is 38.1 Å². The summed E-state index contributed by atoms with van der Waals surface area (Å²) in [5, 5.41) is 13.6. The number of para-hydroxylation sites is 4. The average Bonchev–Trinajstić information content (AvgIpc) is 3.96. The molecule has 3 aromatic carbocycles. The van der Waals surface area contributed by atoms with Crippen LogP contribution in [0.2, 0.25) is 0 Å². The molecule has 2 aliphatic heterocycles. The van der Waals surface area contributed by atoms with Gasteiger partial charge >= 0.3 is 14.5 Å². The summed E-state index contributed by atoms with van der Waals surface area (Å²) in [7, 11) is -2.13. The van der Waals surface area contributed by atoms with Gasteiger partial charge < -0.3 is 27.6 Å². The first-order valence-electron chi connectivity index (χ1n) is 19.0. The molecular formula is C44H36B2N8O4. The fourth-order valence-electron chi connectivity index (χ4n) is 8.08. The number of nitrogens with zero attached hydrogens (tertiary/aromatic N) is 8. The van der Waals surface area contributed by atoms with E-state index < -0.39 is 14.5 Å². The van der Waals surface area contributed by atoms with Gasteiger partial charge in [-0.1, -0.05) is 62.4 Å². The molecule has 0 fully saturated rings. The van der Waals surface area contributed by atoms with Crippen LogP contribution >= 0.6 is 0 Å². The zero-order valence-corrected chi connectivity index (χ0v) is 33.0. The molecule has 9 rings (SSSR count). The molecule has 0 aliphatic carbocycles. The fourth-order valence-corrected chi connectivity index (χ4v) is 8.08. The Labute approximate surface area is 335 Å². The van der Waals surface area contributed by atoms with E-state index in [4.69, 9.17) is 45.1 Å². The van der Waals surface area contributed by atoms with Gasteiger partial charge in [0.25, 0.3) is 5.70 Å². The third kappa shape index (κ3) is 5.84. The second-order valence-electron chi connectivity index (χ2n) is 14.8. The number of aryl methyl sites for hydroxylation is 5. The Bertz CT molecular complexity index is 2900. The second-order valence-corrected chi connectivity index (χ2v) is 14.8. The summed E-state index contributed by atoms with van der Waals surface area (Å²) in [4.78, 5) is 23.5. The molecular weight excluding hydrogens is 726 g/mol. The molecule has 6 heterocycles. The molecule has 14 heteroatoms. The molecule has 0 saturated heterocycles. The number of nitriles is 1. The Hall–Kier alpha value is -7.31. The number of fused-ring (bicyclic) bond motifs is 3.